The third kappa shape index (κ3) is 6.63. The van der Waals surface area contributed by atoms with Crippen LogP contribution in [0.2, 0.25) is 5.02 Å². The number of hydrogen-bond donors (Lipinski definition) is 2. The molecular formula is C30H22ClF4NO6. The van der Waals surface area contributed by atoms with Crippen molar-refractivity contribution in [2.45, 2.75) is 26.4 Å². The van der Waals surface area contributed by atoms with Crippen LogP contribution in [0.15, 0.2) is 63.8 Å². The minimum atomic E-state index is -5.11. The van der Waals surface area contributed by atoms with E-state index < -0.39 is 52.9 Å². The summed E-state index contributed by atoms with van der Waals surface area (Å²) in [5, 5.41) is 12.6. The van der Waals surface area contributed by atoms with E-state index in [4.69, 9.17) is 20.8 Å². The molecule has 4 rings (SSSR count). The standard InChI is InChI=1S/C30H22ClF4NO6/c1-3-41-26(39)8-7-16-5-4-6-17(10-16)27-19-9-15(2)22(31)14-24(19)42-29(40)20(27)13-25(38)36-28-21(30(33,34)35)11-18(32)12-23(28)37/h4-12,14,37H,3,13H2,1-2H3,(H,36,38)/b8-7+. The number of rotatable bonds is 7. The summed E-state index contributed by atoms with van der Waals surface area (Å²) in [4.78, 5) is 38.0. The first-order chi connectivity index (χ1) is 19.8. The van der Waals surface area contributed by atoms with Gasteiger partial charge >= 0.3 is 17.8 Å². The van der Waals surface area contributed by atoms with Gasteiger partial charge in [-0.15, -0.1) is 0 Å². The fourth-order valence-electron chi connectivity index (χ4n) is 4.30. The molecule has 0 radical (unpaired) electrons. The van der Waals surface area contributed by atoms with Gasteiger partial charge in [-0.05, 0) is 54.8 Å². The number of esters is 1. The highest BCUT2D eigenvalue weighted by molar-refractivity contribution is 6.32. The third-order valence-electron chi connectivity index (χ3n) is 6.14. The molecule has 0 atom stereocenters. The zero-order chi connectivity index (χ0) is 30.8. The van der Waals surface area contributed by atoms with Gasteiger partial charge in [0.15, 0.2) is 0 Å². The number of halogens is 5. The van der Waals surface area contributed by atoms with Gasteiger partial charge in [0.25, 0.3) is 0 Å². The molecule has 0 aliphatic heterocycles. The molecular weight excluding hydrogens is 582 g/mol. The van der Waals surface area contributed by atoms with E-state index in [1.54, 1.807) is 44.2 Å². The quantitative estimate of drug-likeness (QED) is 0.0771. The van der Waals surface area contributed by atoms with Crippen molar-refractivity contribution in [1.29, 1.82) is 0 Å². The van der Waals surface area contributed by atoms with E-state index in [1.165, 1.54) is 18.2 Å². The second-order valence-corrected chi connectivity index (χ2v) is 9.53. The minimum Gasteiger partial charge on any atom is -0.506 e. The van der Waals surface area contributed by atoms with Gasteiger partial charge in [-0.3, -0.25) is 4.79 Å². The maximum Gasteiger partial charge on any atom is 0.418 e. The maximum atomic E-state index is 13.6. The van der Waals surface area contributed by atoms with Crippen LogP contribution in [0.25, 0.3) is 28.2 Å². The Labute approximate surface area is 241 Å². The molecule has 0 bridgehead atoms. The first-order valence-electron chi connectivity index (χ1n) is 12.4. The van der Waals surface area contributed by atoms with Gasteiger partial charge in [0.05, 0.1) is 29.8 Å². The Bertz CT molecular complexity index is 1800. The number of fused-ring (bicyclic) bond motifs is 1. The van der Waals surface area contributed by atoms with Gasteiger partial charge in [-0.25, -0.2) is 14.0 Å². The van der Waals surface area contributed by atoms with Crippen LogP contribution in [-0.4, -0.2) is 23.6 Å². The van der Waals surface area contributed by atoms with Gasteiger partial charge in [0.2, 0.25) is 5.91 Å². The topological polar surface area (TPSA) is 106 Å². The number of aryl methyl sites for hydroxylation is 1. The van der Waals surface area contributed by atoms with E-state index in [1.807, 2.05) is 5.32 Å². The van der Waals surface area contributed by atoms with Gasteiger partial charge < -0.3 is 19.6 Å². The van der Waals surface area contributed by atoms with Crippen LogP contribution >= 0.6 is 11.6 Å². The van der Waals surface area contributed by atoms with E-state index in [2.05, 4.69) is 0 Å². The monoisotopic (exact) mass is 603 g/mol. The van der Waals surface area contributed by atoms with Crippen molar-refractivity contribution in [2.75, 3.05) is 11.9 Å². The van der Waals surface area contributed by atoms with Crippen LogP contribution in [0.4, 0.5) is 23.2 Å². The van der Waals surface area contributed by atoms with Crippen LogP contribution < -0.4 is 10.9 Å². The highest BCUT2D eigenvalue weighted by Crippen LogP contribution is 2.40. The molecule has 1 aromatic heterocycles. The molecule has 1 heterocycles. The number of carbonyl (C=O) groups excluding carboxylic acids is 2. The third-order valence-corrected chi connectivity index (χ3v) is 6.55. The predicted molar refractivity (Wildman–Crippen MR) is 149 cm³/mol. The molecule has 218 valence electrons. The summed E-state index contributed by atoms with van der Waals surface area (Å²) < 4.78 is 64.5. The number of phenolic OH excluding ortho intramolecular Hbond substituents is 1. The fraction of sp³-hybridized carbons (Fsp3) is 0.167. The highest BCUT2D eigenvalue weighted by Gasteiger charge is 2.36. The smallest absolute Gasteiger partial charge is 0.418 e. The number of amides is 1. The first-order valence-corrected chi connectivity index (χ1v) is 12.8. The fourth-order valence-corrected chi connectivity index (χ4v) is 4.46. The molecule has 1 amide bonds. The molecule has 0 saturated carbocycles. The van der Waals surface area contributed by atoms with Crippen LogP contribution in [0, 0.1) is 12.7 Å². The normalized spacial score (nSPS) is 11.7. The number of aromatic hydroxyl groups is 1. The molecule has 12 heteroatoms. The molecule has 0 unspecified atom stereocenters. The van der Waals surface area contributed by atoms with Crippen molar-refractivity contribution in [2.24, 2.45) is 0 Å². The molecule has 0 spiro atoms. The zero-order valence-electron chi connectivity index (χ0n) is 22.1. The van der Waals surface area contributed by atoms with E-state index in [9.17, 15) is 37.1 Å². The predicted octanol–water partition coefficient (Wildman–Crippen LogP) is 7.04. The van der Waals surface area contributed by atoms with Crippen molar-refractivity contribution in [1.82, 2.24) is 0 Å². The summed E-state index contributed by atoms with van der Waals surface area (Å²) >= 11 is 6.23. The van der Waals surface area contributed by atoms with Gasteiger partial charge in [0.1, 0.15) is 17.1 Å². The molecule has 4 aromatic rings. The SMILES string of the molecule is CCOC(=O)/C=C/c1cccc(-c2c(CC(=O)Nc3c(O)cc(F)cc3C(F)(F)F)c(=O)oc3cc(Cl)c(C)cc23)c1. The maximum absolute atomic E-state index is 13.6. The summed E-state index contributed by atoms with van der Waals surface area (Å²) in [6, 6.07) is 10.2. The summed E-state index contributed by atoms with van der Waals surface area (Å²) in [5.74, 6) is -4.19. The number of anilines is 1. The van der Waals surface area contributed by atoms with Gasteiger partial charge in [0, 0.05) is 34.2 Å². The molecule has 7 nitrogen and oxygen atoms in total. The molecule has 0 aliphatic rings. The van der Waals surface area contributed by atoms with Crippen LogP contribution in [-0.2, 0) is 26.9 Å². The molecule has 0 aliphatic carbocycles. The van der Waals surface area contributed by atoms with Crippen LogP contribution in [0.5, 0.6) is 5.75 Å². The van der Waals surface area contributed by atoms with Crippen molar-refractivity contribution < 1.29 is 41.4 Å². The van der Waals surface area contributed by atoms with Crippen LogP contribution in [0.3, 0.4) is 0 Å². The number of phenols is 1. The Kier molecular flexibility index (Phi) is 8.72. The van der Waals surface area contributed by atoms with Crippen molar-refractivity contribution in [3.8, 4) is 16.9 Å². The number of nitrogens with one attached hydrogen (secondary N) is 1. The lowest BCUT2D eigenvalue weighted by molar-refractivity contribution is -0.138. The lowest BCUT2D eigenvalue weighted by Gasteiger charge is -2.17. The Hall–Kier alpha value is -4.64. The summed E-state index contributed by atoms with van der Waals surface area (Å²) in [6.45, 7) is 3.55. The highest BCUT2D eigenvalue weighted by atomic mass is 35.5. The number of hydrogen-bond acceptors (Lipinski definition) is 6. The van der Waals surface area contributed by atoms with Crippen molar-refractivity contribution in [3.63, 3.8) is 0 Å². The number of carbonyl (C=O) groups is 2. The van der Waals surface area contributed by atoms with E-state index in [0.717, 1.165) is 0 Å². The Balaban J connectivity index is 1.84. The Morgan fingerprint density at radius 2 is 1.88 bits per heavy atom. The van der Waals surface area contributed by atoms with Crippen molar-refractivity contribution in [3.05, 3.63) is 98.1 Å². The van der Waals surface area contributed by atoms with E-state index >= 15 is 0 Å². The lowest BCUT2D eigenvalue weighted by atomic mass is 9.93. The van der Waals surface area contributed by atoms with E-state index in [0.29, 0.717) is 33.2 Å². The minimum absolute atomic E-state index is 0.0952. The Morgan fingerprint density at radius 1 is 1.14 bits per heavy atom. The zero-order valence-corrected chi connectivity index (χ0v) is 22.8. The average molecular weight is 604 g/mol. The molecule has 42 heavy (non-hydrogen) atoms. The first kappa shape index (κ1) is 30.3. The van der Waals surface area contributed by atoms with Gasteiger partial charge in [-0.2, -0.15) is 13.2 Å². The lowest BCUT2D eigenvalue weighted by Crippen LogP contribution is -2.22. The summed E-state index contributed by atoms with van der Waals surface area (Å²) in [5.41, 5.74) is -1.93. The molecule has 3 aromatic carbocycles. The van der Waals surface area contributed by atoms with E-state index in [-0.39, 0.29) is 29.4 Å². The second-order valence-electron chi connectivity index (χ2n) is 9.12. The Morgan fingerprint density at radius 3 is 2.57 bits per heavy atom. The summed E-state index contributed by atoms with van der Waals surface area (Å²) in [6.07, 6.45) is -3.18. The summed E-state index contributed by atoms with van der Waals surface area (Å²) in [7, 11) is 0. The largest absolute Gasteiger partial charge is 0.506 e. The molecule has 2 N–H and O–H groups in total. The number of benzene rings is 3. The molecule has 0 fully saturated rings. The molecule has 0 saturated heterocycles. The van der Waals surface area contributed by atoms with Gasteiger partial charge in [-0.1, -0.05) is 29.8 Å². The number of ether oxygens (including phenoxy) is 1. The average Bonchev–Trinajstić information content (AvgIpc) is 2.90. The van der Waals surface area contributed by atoms with Crippen molar-refractivity contribution >= 4 is 46.2 Å². The number of alkyl halides is 3. The second kappa shape index (κ2) is 12.1. The van der Waals surface area contributed by atoms with Crippen LogP contribution in [0.1, 0.15) is 29.2 Å².